The molecule has 4 aromatic rings. The summed E-state index contributed by atoms with van der Waals surface area (Å²) in [4.78, 5) is 24.3. The van der Waals surface area contributed by atoms with E-state index in [0.717, 1.165) is 26.8 Å². The van der Waals surface area contributed by atoms with E-state index in [4.69, 9.17) is 4.74 Å². The molecule has 0 aliphatic heterocycles. The lowest BCUT2D eigenvalue weighted by Gasteiger charge is -2.11. The van der Waals surface area contributed by atoms with E-state index in [9.17, 15) is 14.7 Å². The number of aryl methyl sites for hydroxylation is 2. The molecule has 0 amide bonds. The Bertz CT molecular complexity index is 1310. The second-order valence-corrected chi connectivity index (χ2v) is 8.30. The van der Waals surface area contributed by atoms with Crippen molar-refractivity contribution < 1.29 is 24.2 Å². The van der Waals surface area contributed by atoms with E-state index in [1.807, 2.05) is 44.2 Å². The summed E-state index contributed by atoms with van der Waals surface area (Å²) >= 11 is 1.30. The second-order valence-electron chi connectivity index (χ2n) is 7.24. The molecular formula is C26H20O5S. The molecule has 1 N–H and O–H groups in total. The summed E-state index contributed by atoms with van der Waals surface area (Å²) in [5.41, 5.74) is 3.28. The van der Waals surface area contributed by atoms with Gasteiger partial charge in [0, 0.05) is 15.6 Å². The molecule has 0 aliphatic rings. The minimum Gasteiger partial charge on any atom is -0.508 e. The maximum atomic E-state index is 13.6. The van der Waals surface area contributed by atoms with E-state index >= 15 is 0 Å². The number of ether oxygens (including phenoxy) is 2. The molecule has 5 nitrogen and oxygen atoms in total. The largest absolute Gasteiger partial charge is 0.508 e. The molecule has 32 heavy (non-hydrogen) atoms. The van der Waals surface area contributed by atoms with Gasteiger partial charge in [0.2, 0.25) is 5.78 Å². The van der Waals surface area contributed by atoms with Crippen molar-refractivity contribution in [2.45, 2.75) is 13.8 Å². The maximum absolute atomic E-state index is 13.6. The first-order valence-electron chi connectivity index (χ1n) is 9.88. The molecule has 0 aliphatic carbocycles. The molecule has 0 bridgehead atoms. The standard InChI is InChI=1S/C26H20O5S/c1-16-4-3-5-17(2)23(16)24(29)26-25(21-11-8-19(28)14-22(21)32-26)31-20-9-6-18(7-10-20)12-13-30-15-27/h3-15,28H,1-2H3/b13-12+. The first kappa shape index (κ1) is 21.3. The van der Waals surface area contributed by atoms with Gasteiger partial charge in [-0.05, 0) is 66.9 Å². The van der Waals surface area contributed by atoms with E-state index in [0.29, 0.717) is 28.4 Å². The number of ketones is 1. The number of carbonyl (C=O) groups excluding carboxylic acids is 2. The summed E-state index contributed by atoms with van der Waals surface area (Å²) < 4.78 is 11.5. The van der Waals surface area contributed by atoms with Gasteiger partial charge in [-0.2, -0.15) is 0 Å². The maximum Gasteiger partial charge on any atom is 0.297 e. The van der Waals surface area contributed by atoms with E-state index in [1.54, 1.807) is 36.4 Å². The predicted molar refractivity (Wildman–Crippen MR) is 126 cm³/mol. The Kier molecular flexibility index (Phi) is 6.05. The van der Waals surface area contributed by atoms with Crippen molar-refractivity contribution in [3.05, 3.63) is 94.1 Å². The van der Waals surface area contributed by atoms with Crippen LogP contribution in [0.4, 0.5) is 0 Å². The van der Waals surface area contributed by atoms with Gasteiger partial charge >= 0.3 is 0 Å². The SMILES string of the molecule is Cc1cccc(C)c1C(=O)c1sc2cc(O)ccc2c1Oc1ccc(/C=C/OC=O)cc1. The number of hydrogen-bond acceptors (Lipinski definition) is 6. The van der Waals surface area contributed by atoms with Crippen LogP contribution in [0.2, 0.25) is 0 Å². The number of phenolic OH excluding ortho intramolecular Hbond substituents is 1. The minimum atomic E-state index is -0.109. The molecule has 0 atom stereocenters. The van der Waals surface area contributed by atoms with Gasteiger partial charge in [0.1, 0.15) is 16.4 Å². The van der Waals surface area contributed by atoms with Crippen LogP contribution in [0.15, 0.2) is 66.9 Å². The molecule has 0 spiro atoms. The van der Waals surface area contributed by atoms with Gasteiger partial charge in [-0.25, -0.2) is 0 Å². The summed E-state index contributed by atoms with van der Waals surface area (Å²) in [6.45, 7) is 4.18. The van der Waals surface area contributed by atoms with E-state index in [2.05, 4.69) is 4.74 Å². The molecule has 4 rings (SSSR count). The summed E-state index contributed by atoms with van der Waals surface area (Å²) in [7, 11) is 0. The van der Waals surface area contributed by atoms with Gasteiger partial charge in [-0.3, -0.25) is 9.59 Å². The minimum absolute atomic E-state index is 0.109. The van der Waals surface area contributed by atoms with Crippen molar-refractivity contribution in [3.8, 4) is 17.2 Å². The zero-order chi connectivity index (χ0) is 22.7. The fourth-order valence-corrected chi connectivity index (χ4v) is 4.62. The van der Waals surface area contributed by atoms with Crippen molar-refractivity contribution >= 4 is 39.8 Å². The van der Waals surface area contributed by atoms with Crippen molar-refractivity contribution in [2.75, 3.05) is 0 Å². The van der Waals surface area contributed by atoms with Crippen LogP contribution < -0.4 is 4.74 Å². The van der Waals surface area contributed by atoms with Gasteiger partial charge in [-0.1, -0.05) is 30.3 Å². The van der Waals surface area contributed by atoms with Crippen LogP contribution in [0.5, 0.6) is 17.2 Å². The Balaban J connectivity index is 1.77. The lowest BCUT2D eigenvalue weighted by atomic mass is 9.98. The highest BCUT2D eigenvalue weighted by Crippen LogP contribution is 2.43. The van der Waals surface area contributed by atoms with Crippen molar-refractivity contribution in [3.63, 3.8) is 0 Å². The Morgan fingerprint density at radius 2 is 1.72 bits per heavy atom. The Labute approximate surface area is 189 Å². The summed E-state index contributed by atoms with van der Waals surface area (Å²) in [6, 6.07) is 17.9. The molecule has 160 valence electrons. The number of aromatic hydroxyl groups is 1. The number of rotatable bonds is 7. The number of phenols is 1. The molecule has 0 unspecified atom stereocenters. The van der Waals surface area contributed by atoms with E-state index in [-0.39, 0.29) is 11.5 Å². The van der Waals surface area contributed by atoms with Crippen LogP contribution >= 0.6 is 11.3 Å². The van der Waals surface area contributed by atoms with Crippen LogP contribution in [-0.2, 0) is 9.53 Å². The number of benzene rings is 3. The average Bonchev–Trinajstić information content (AvgIpc) is 3.12. The topological polar surface area (TPSA) is 72.8 Å². The van der Waals surface area contributed by atoms with E-state index in [1.165, 1.54) is 17.6 Å². The molecule has 0 saturated heterocycles. The summed E-state index contributed by atoms with van der Waals surface area (Å²) in [6.07, 6.45) is 2.94. The Hall–Kier alpha value is -3.90. The Morgan fingerprint density at radius 1 is 1.00 bits per heavy atom. The fraction of sp³-hybridized carbons (Fsp3) is 0.0769. The fourth-order valence-electron chi connectivity index (χ4n) is 3.51. The van der Waals surface area contributed by atoms with Gasteiger partial charge < -0.3 is 14.6 Å². The number of carbonyl (C=O) groups is 2. The summed E-state index contributed by atoms with van der Waals surface area (Å²) in [5, 5.41) is 10.7. The molecule has 0 fully saturated rings. The average molecular weight is 445 g/mol. The highest BCUT2D eigenvalue weighted by atomic mass is 32.1. The van der Waals surface area contributed by atoms with Gasteiger partial charge in [0.15, 0.2) is 5.75 Å². The lowest BCUT2D eigenvalue weighted by molar-refractivity contribution is -0.123. The van der Waals surface area contributed by atoms with Gasteiger partial charge in [0.25, 0.3) is 6.47 Å². The van der Waals surface area contributed by atoms with Gasteiger partial charge in [-0.15, -0.1) is 11.3 Å². The van der Waals surface area contributed by atoms with E-state index < -0.39 is 0 Å². The Morgan fingerprint density at radius 3 is 2.41 bits per heavy atom. The molecule has 3 aromatic carbocycles. The molecule has 0 radical (unpaired) electrons. The van der Waals surface area contributed by atoms with Crippen molar-refractivity contribution in [1.29, 1.82) is 0 Å². The number of thiophene rings is 1. The van der Waals surface area contributed by atoms with Crippen molar-refractivity contribution in [2.24, 2.45) is 0 Å². The first-order valence-corrected chi connectivity index (χ1v) is 10.7. The van der Waals surface area contributed by atoms with Gasteiger partial charge in [0.05, 0.1) is 6.26 Å². The summed E-state index contributed by atoms with van der Waals surface area (Å²) in [5.74, 6) is 1.04. The highest BCUT2D eigenvalue weighted by Gasteiger charge is 2.24. The number of fused-ring (bicyclic) bond motifs is 1. The molecular weight excluding hydrogens is 424 g/mol. The lowest BCUT2D eigenvalue weighted by Crippen LogP contribution is -2.05. The third-order valence-electron chi connectivity index (χ3n) is 5.04. The molecule has 1 aromatic heterocycles. The molecule has 1 heterocycles. The first-order chi connectivity index (χ1) is 15.5. The smallest absolute Gasteiger partial charge is 0.297 e. The normalized spacial score (nSPS) is 11.1. The quantitative estimate of drug-likeness (QED) is 0.203. The number of hydrogen-bond donors (Lipinski definition) is 1. The van der Waals surface area contributed by atoms with Crippen LogP contribution in [0, 0.1) is 13.8 Å². The highest BCUT2D eigenvalue weighted by molar-refractivity contribution is 7.21. The zero-order valence-corrected chi connectivity index (χ0v) is 18.3. The monoisotopic (exact) mass is 444 g/mol. The molecule has 6 heteroatoms. The van der Waals surface area contributed by atoms with Crippen molar-refractivity contribution in [1.82, 2.24) is 0 Å². The third kappa shape index (κ3) is 4.26. The van der Waals surface area contributed by atoms with Crippen LogP contribution in [0.25, 0.3) is 16.2 Å². The second kappa shape index (κ2) is 9.08. The van der Waals surface area contributed by atoms with Crippen LogP contribution in [-0.4, -0.2) is 17.4 Å². The third-order valence-corrected chi connectivity index (χ3v) is 6.17. The van der Waals surface area contributed by atoms with Crippen LogP contribution in [0.1, 0.15) is 31.9 Å². The molecule has 0 saturated carbocycles. The predicted octanol–water partition coefficient (Wildman–Crippen LogP) is 6.39. The zero-order valence-electron chi connectivity index (χ0n) is 17.5. The van der Waals surface area contributed by atoms with Crippen LogP contribution in [0.3, 0.4) is 0 Å².